The number of aliphatic imine (C=N–C) groups is 2. The zero-order valence-electron chi connectivity index (χ0n) is 4.31. The van der Waals surface area contributed by atoms with Gasteiger partial charge in [-0.05, 0) is 11.6 Å². The molecule has 1 unspecified atom stereocenters. The summed E-state index contributed by atoms with van der Waals surface area (Å²) in [6.07, 6.45) is 0. The molecule has 0 amide bonds. The van der Waals surface area contributed by atoms with Crippen molar-refractivity contribution in [2.75, 3.05) is 0 Å². The summed E-state index contributed by atoms with van der Waals surface area (Å²) >= 11 is 10.8. The van der Waals surface area contributed by atoms with E-state index in [9.17, 15) is 0 Å². The van der Waals surface area contributed by atoms with Gasteiger partial charge in [0.25, 0.3) is 0 Å². The quantitative estimate of drug-likeness (QED) is 0.394. The minimum absolute atomic E-state index is 0.169. The third-order valence-corrected chi connectivity index (χ3v) is 1.08. The summed E-state index contributed by atoms with van der Waals surface area (Å²) in [6.45, 7) is 0. The van der Waals surface area contributed by atoms with E-state index < -0.39 is 5.62 Å². The number of nitrogens with two attached hydrogens (primary N) is 1. The van der Waals surface area contributed by atoms with E-state index in [1.54, 1.807) is 0 Å². The Morgan fingerprint density at radius 3 is 2.67 bits per heavy atom. The van der Waals surface area contributed by atoms with Crippen LogP contribution in [-0.4, -0.2) is 16.9 Å². The largest absolute Gasteiger partial charge is 0.370 e. The van der Waals surface area contributed by atoms with Crippen LogP contribution in [0.3, 0.4) is 0 Å². The molecule has 0 aliphatic carbocycles. The average molecular weight is 167 g/mol. The molecule has 6 heteroatoms. The van der Waals surface area contributed by atoms with Crippen molar-refractivity contribution in [3.8, 4) is 0 Å². The minimum Gasteiger partial charge on any atom is -0.370 e. The van der Waals surface area contributed by atoms with Crippen LogP contribution in [0.1, 0.15) is 0 Å². The summed E-state index contributed by atoms with van der Waals surface area (Å²) < 4.78 is 0. The standard InChI is InChI=1S/C3H4Cl2N4/c4-1-7-2(5)9-3(6)8-1/h1H,(H3,6,7,8,9). The van der Waals surface area contributed by atoms with Crippen molar-refractivity contribution in [2.45, 2.75) is 5.62 Å². The maximum Gasteiger partial charge on any atom is 0.221 e. The second kappa shape index (κ2) is 2.41. The smallest absolute Gasteiger partial charge is 0.221 e. The molecule has 0 aromatic carbocycles. The first-order valence-electron chi connectivity index (χ1n) is 2.16. The summed E-state index contributed by atoms with van der Waals surface area (Å²) in [5.74, 6) is 0.190. The van der Waals surface area contributed by atoms with Crippen molar-refractivity contribution in [3.05, 3.63) is 0 Å². The first-order valence-corrected chi connectivity index (χ1v) is 2.97. The zero-order valence-corrected chi connectivity index (χ0v) is 5.82. The molecule has 50 valence electrons. The van der Waals surface area contributed by atoms with E-state index >= 15 is 0 Å². The molecule has 1 aliphatic rings. The number of nitrogens with zero attached hydrogens (tertiary/aromatic N) is 2. The molecule has 0 bridgehead atoms. The average Bonchev–Trinajstić information content (AvgIpc) is 1.59. The Hall–Kier alpha value is -0.480. The lowest BCUT2D eigenvalue weighted by atomic mass is 10.8. The highest BCUT2D eigenvalue weighted by atomic mass is 35.5. The van der Waals surface area contributed by atoms with Crippen LogP contribution in [0.15, 0.2) is 9.98 Å². The molecule has 1 aliphatic heterocycles. The van der Waals surface area contributed by atoms with Crippen molar-refractivity contribution in [2.24, 2.45) is 15.7 Å². The van der Waals surface area contributed by atoms with E-state index in [0.29, 0.717) is 0 Å². The van der Waals surface area contributed by atoms with Crippen LogP contribution in [0.25, 0.3) is 0 Å². The number of halogens is 2. The van der Waals surface area contributed by atoms with E-state index in [0.717, 1.165) is 0 Å². The minimum atomic E-state index is -0.682. The lowest BCUT2D eigenvalue weighted by molar-refractivity contribution is 0.928. The van der Waals surface area contributed by atoms with E-state index in [-0.39, 0.29) is 11.3 Å². The first kappa shape index (κ1) is 6.64. The Bertz CT molecular complexity index is 157. The summed E-state index contributed by atoms with van der Waals surface area (Å²) in [5, 5.41) is 2.64. The van der Waals surface area contributed by atoms with Crippen molar-refractivity contribution in [3.63, 3.8) is 0 Å². The van der Waals surface area contributed by atoms with Gasteiger partial charge in [0.1, 0.15) is 0 Å². The molecule has 3 N–H and O–H groups in total. The molecular formula is C3H4Cl2N4. The predicted octanol–water partition coefficient (Wildman–Crippen LogP) is 0.0215. The summed E-state index contributed by atoms with van der Waals surface area (Å²) in [7, 11) is 0. The Labute approximate surface area is 61.8 Å². The van der Waals surface area contributed by atoms with E-state index in [4.69, 9.17) is 28.9 Å². The van der Waals surface area contributed by atoms with Gasteiger partial charge in [-0.1, -0.05) is 11.6 Å². The highest BCUT2D eigenvalue weighted by Crippen LogP contribution is 2.03. The molecule has 0 radical (unpaired) electrons. The van der Waals surface area contributed by atoms with Crippen LogP contribution >= 0.6 is 23.2 Å². The van der Waals surface area contributed by atoms with Crippen LogP contribution in [0.5, 0.6) is 0 Å². The molecule has 0 spiro atoms. The van der Waals surface area contributed by atoms with Gasteiger partial charge >= 0.3 is 0 Å². The van der Waals surface area contributed by atoms with Crippen LogP contribution in [0.2, 0.25) is 0 Å². The van der Waals surface area contributed by atoms with E-state index in [2.05, 4.69) is 15.3 Å². The first-order chi connectivity index (χ1) is 4.18. The van der Waals surface area contributed by atoms with E-state index in [1.165, 1.54) is 0 Å². The zero-order chi connectivity index (χ0) is 6.85. The van der Waals surface area contributed by atoms with Gasteiger partial charge in [-0.2, -0.15) is 0 Å². The number of guanidine groups is 1. The third kappa shape index (κ3) is 1.73. The Morgan fingerprint density at radius 1 is 1.56 bits per heavy atom. The van der Waals surface area contributed by atoms with Gasteiger partial charge in [0.15, 0.2) is 5.96 Å². The Balaban J connectivity index is 2.69. The molecule has 1 rings (SSSR count). The maximum atomic E-state index is 5.43. The SMILES string of the molecule is NC1=NC(Cl)N=C(Cl)N1. The van der Waals surface area contributed by atoms with Gasteiger partial charge < -0.3 is 11.1 Å². The summed E-state index contributed by atoms with van der Waals surface area (Å²) in [5.41, 5.74) is 4.52. The number of hydrogen-bond acceptors (Lipinski definition) is 4. The fourth-order valence-corrected chi connectivity index (χ4v) is 0.849. The van der Waals surface area contributed by atoms with Crippen molar-refractivity contribution in [1.29, 1.82) is 0 Å². The van der Waals surface area contributed by atoms with E-state index in [1.807, 2.05) is 0 Å². The van der Waals surface area contributed by atoms with Crippen LogP contribution in [0.4, 0.5) is 0 Å². The van der Waals surface area contributed by atoms with Crippen LogP contribution in [0, 0.1) is 0 Å². The van der Waals surface area contributed by atoms with Crippen molar-refractivity contribution in [1.82, 2.24) is 5.32 Å². The predicted molar refractivity (Wildman–Crippen MR) is 37.7 cm³/mol. The van der Waals surface area contributed by atoms with Gasteiger partial charge in [-0.15, -0.1) is 0 Å². The molecular weight excluding hydrogens is 163 g/mol. The van der Waals surface area contributed by atoms with Gasteiger partial charge in [0, 0.05) is 0 Å². The molecule has 0 saturated heterocycles. The summed E-state index contributed by atoms with van der Waals surface area (Å²) in [6, 6.07) is 0. The molecule has 0 aromatic rings. The van der Waals surface area contributed by atoms with Gasteiger partial charge in [0.05, 0.1) is 0 Å². The number of hydrogen-bond donors (Lipinski definition) is 2. The lowest BCUT2D eigenvalue weighted by Crippen LogP contribution is -2.38. The highest BCUT2D eigenvalue weighted by molar-refractivity contribution is 6.66. The molecule has 0 aromatic heterocycles. The second-order valence-electron chi connectivity index (χ2n) is 1.37. The lowest BCUT2D eigenvalue weighted by Gasteiger charge is -2.09. The summed E-state index contributed by atoms with van der Waals surface area (Å²) in [4.78, 5) is 7.21. The van der Waals surface area contributed by atoms with Crippen molar-refractivity contribution >= 4 is 34.5 Å². The molecule has 1 heterocycles. The Kier molecular flexibility index (Phi) is 1.78. The maximum absolute atomic E-state index is 5.43. The molecule has 1 atom stereocenters. The molecule has 0 fully saturated rings. The topological polar surface area (TPSA) is 62.8 Å². The number of amidine groups is 1. The Morgan fingerprint density at radius 2 is 2.22 bits per heavy atom. The normalized spacial score (nSPS) is 26.2. The number of alkyl halides is 1. The second-order valence-corrected chi connectivity index (χ2v) is 2.12. The van der Waals surface area contributed by atoms with Gasteiger partial charge in [-0.25, -0.2) is 9.98 Å². The third-order valence-electron chi connectivity index (χ3n) is 0.697. The molecule has 9 heavy (non-hydrogen) atoms. The van der Waals surface area contributed by atoms with Crippen LogP contribution < -0.4 is 11.1 Å². The van der Waals surface area contributed by atoms with Crippen molar-refractivity contribution < 1.29 is 0 Å². The highest BCUT2D eigenvalue weighted by Gasteiger charge is 2.08. The monoisotopic (exact) mass is 166 g/mol. The molecule has 0 saturated carbocycles. The fourth-order valence-electron chi connectivity index (χ4n) is 0.407. The fraction of sp³-hybridized carbons (Fsp3) is 0.333. The number of rotatable bonds is 0. The molecule has 4 nitrogen and oxygen atoms in total. The van der Waals surface area contributed by atoms with Crippen LogP contribution in [-0.2, 0) is 0 Å². The van der Waals surface area contributed by atoms with Gasteiger partial charge in [-0.3, -0.25) is 0 Å². The van der Waals surface area contributed by atoms with Gasteiger partial charge in [0.2, 0.25) is 10.9 Å². The number of nitrogens with one attached hydrogen (secondary N) is 1.